The molecule has 0 aliphatic carbocycles. The van der Waals surface area contributed by atoms with E-state index in [0.29, 0.717) is 11.1 Å². The third-order valence-electron chi connectivity index (χ3n) is 3.96. The highest BCUT2D eigenvalue weighted by Gasteiger charge is 2.09. The maximum absolute atomic E-state index is 12.1. The van der Waals surface area contributed by atoms with E-state index >= 15 is 0 Å². The first kappa shape index (κ1) is 17.5. The molecule has 2 aromatic carbocycles. The van der Waals surface area contributed by atoms with Crippen LogP contribution in [-0.2, 0) is 6.42 Å². The molecule has 0 aliphatic heterocycles. The third-order valence-corrected chi connectivity index (χ3v) is 3.96. The lowest BCUT2D eigenvalue weighted by molar-refractivity contribution is 0.0846. The third kappa shape index (κ3) is 4.35. The van der Waals surface area contributed by atoms with Gasteiger partial charge in [0.1, 0.15) is 0 Å². The lowest BCUT2D eigenvalue weighted by Crippen LogP contribution is -2.41. The van der Waals surface area contributed by atoms with E-state index in [1.54, 1.807) is 24.3 Å². The van der Waals surface area contributed by atoms with E-state index in [1.807, 2.05) is 31.3 Å². The van der Waals surface area contributed by atoms with Gasteiger partial charge in [0, 0.05) is 30.4 Å². The van der Waals surface area contributed by atoms with Crippen molar-refractivity contribution in [2.24, 2.45) is 0 Å². The molecule has 0 fully saturated rings. The number of amides is 2. The molecule has 0 atom stereocenters. The van der Waals surface area contributed by atoms with Gasteiger partial charge < -0.3 is 4.90 Å². The fourth-order valence-electron chi connectivity index (χ4n) is 2.20. The molecule has 0 saturated carbocycles. The van der Waals surface area contributed by atoms with Gasteiger partial charge in [-0.3, -0.25) is 20.4 Å². The van der Waals surface area contributed by atoms with Crippen LogP contribution in [0.3, 0.4) is 0 Å². The van der Waals surface area contributed by atoms with Gasteiger partial charge in [-0.1, -0.05) is 19.1 Å². The number of nitrogens with one attached hydrogen (secondary N) is 2. The SMILES string of the molecule is CCc1ccc(C(=O)NNC(=O)c2ccc(N(C)CC)cc2)cc1. The molecule has 0 radical (unpaired) electrons. The zero-order valence-electron chi connectivity index (χ0n) is 14.3. The second-order valence-electron chi connectivity index (χ2n) is 5.52. The highest BCUT2D eigenvalue weighted by molar-refractivity contribution is 5.99. The molecule has 24 heavy (non-hydrogen) atoms. The number of benzene rings is 2. The van der Waals surface area contributed by atoms with E-state index in [9.17, 15) is 9.59 Å². The highest BCUT2D eigenvalue weighted by Crippen LogP contribution is 2.13. The smallest absolute Gasteiger partial charge is 0.269 e. The molecule has 2 N–H and O–H groups in total. The summed E-state index contributed by atoms with van der Waals surface area (Å²) in [5.41, 5.74) is 8.06. The van der Waals surface area contributed by atoms with Gasteiger partial charge in [0.2, 0.25) is 0 Å². The van der Waals surface area contributed by atoms with Crippen molar-refractivity contribution in [2.75, 3.05) is 18.5 Å². The molecule has 0 bridgehead atoms. The molecule has 0 spiro atoms. The highest BCUT2D eigenvalue weighted by atomic mass is 16.2. The van der Waals surface area contributed by atoms with Crippen molar-refractivity contribution in [1.29, 1.82) is 0 Å². The first-order valence-electron chi connectivity index (χ1n) is 8.06. The first-order chi connectivity index (χ1) is 11.5. The van der Waals surface area contributed by atoms with Crippen molar-refractivity contribution in [2.45, 2.75) is 20.3 Å². The molecule has 5 heteroatoms. The number of rotatable bonds is 5. The number of anilines is 1. The number of hydrogen-bond donors (Lipinski definition) is 2. The van der Waals surface area contributed by atoms with E-state index in [1.165, 1.54) is 0 Å². The minimum absolute atomic E-state index is 0.340. The Bertz CT molecular complexity index is 694. The van der Waals surface area contributed by atoms with Gasteiger partial charge in [0.05, 0.1) is 0 Å². The lowest BCUT2D eigenvalue weighted by Gasteiger charge is -2.16. The molecule has 0 saturated heterocycles. The molecule has 0 aromatic heterocycles. The molecule has 0 unspecified atom stereocenters. The number of carbonyl (C=O) groups is 2. The monoisotopic (exact) mass is 325 g/mol. The molecule has 2 aromatic rings. The fraction of sp³-hybridized carbons (Fsp3) is 0.263. The number of nitrogens with zero attached hydrogens (tertiary/aromatic N) is 1. The van der Waals surface area contributed by atoms with Crippen LogP contribution < -0.4 is 15.8 Å². The fourth-order valence-corrected chi connectivity index (χ4v) is 2.20. The Labute approximate surface area is 142 Å². The molecule has 0 heterocycles. The van der Waals surface area contributed by atoms with Gasteiger partial charge in [0.15, 0.2) is 0 Å². The van der Waals surface area contributed by atoms with E-state index in [4.69, 9.17) is 0 Å². The Balaban J connectivity index is 1.93. The van der Waals surface area contributed by atoms with E-state index in [-0.39, 0.29) is 11.8 Å². The topological polar surface area (TPSA) is 61.4 Å². The molecular weight excluding hydrogens is 302 g/mol. The quantitative estimate of drug-likeness (QED) is 0.831. The Hall–Kier alpha value is -2.82. The molecule has 5 nitrogen and oxygen atoms in total. The van der Waals surface area contributed by atoms with E-state index < -0.39 is 0 Å². The Morgan fingerprint density at radius 3 is 1.71 bits per heavy atom. The van der Waals surface area contributed by atoms with Crippen LogP contribution in [0.1, 0.15) is 40.1 Å². The van der Waals surface area contributed by atoms with Crippen molar-refractivity contribution in [3.63, 3.8) is 0 Å². The van der Waals surface area contributed by atoms with Gasteiger partial charge in [-0.25, -0.2) is 0 Å². The number of hydrazine groups is 1. The normalized spacial score (nSPS) is 10.1. The van der Waals surface area contributed by atoms with Crippen LogP contribution in [0, 0.1) is 0 Å². The summed E-state index contributed by atoms with van der Waals surface area (Å²) in [6.45, 7) is 5.00. The van der Waals surface area contributed by atoms with Crippen LogP contribution in [0.25, 0.3) is 0 Å². The minimum atomic E-state index is -0.348. The molecular formula is C19H23N3O2. The van der Waals surface area contributed by atoms with Gasteiger partial charge in [-0.05, 0) is 55.3 Å². The average molecular weight is 325 g/mol. The molecule has 0 aliphatic rings. The summed E-state index contributed by atoms with van der Waals surface area (Å²) in [7, 11) is 1.99. The van der Waals surface area contributed by atoms with Crippen LogP contribution >= 0.6 is 0 Å². The van der Waals surface area contributed by atoms with Gasteiger partial charge in [-0.15, -0.1) is 0 Å². The van der Waals surface area contributed by atoms with E-state index in [0.717, 1.165) is 24.2 Å². The van der Waals surface area contributed by atoms with Gasteiger partial charge in [0.25, 0.3) is 11.8 Å². The van der Waals surface area contributed by atoms with Crippen molar-refractivity contribution < 1.29 is 9.59 Å². The van der Waals surface area contributed by atoms with E-state index in [2.05, 4.69) is 29.6 Å². The largest absolute Gasteiger partial charge is 0.375 e. The summed E-state index contributed by atoms with van der Waals surface area (Å²) < 4.78 is 0. The van der Waals surface area contributed by atoms with Crippen LogP contribution in [0.15, 0.2) is 48.5 Å². The van der Waals surface area contributed by atoms with Crippen LogP contribution in [0.2, 0.25) is 0 Å². The molecule has 2 rings (SSSR count). The summed E-state index contributed by atoms with van der Waals surface area (Å²) in [4.78, 5) is 26.2. The summed E-state index contributed by atoms with van der Waals surface area (Å²) >= 11 is 0. The van der Waals surface area contributed by atoms with Crippen LogP contribution in [0.5, 0.6) is 0 Å². The molecule has 126 valence electrons. The minimum Gasteiger partial charge on any atom is -0.375 e. The van der Waals surface area contributed by atoms with Crippen molar-refractivity contribution in [3.05, 3.63) is 65.2 Å². The Morgan fingerprint density at radius 2 is 1.29 bits per heavy atom. The lowest BCUT2D eigenvalue weighted by atomic mass is 10.1. The van der Waals surface area contributed by atoms with Crippen molar-refractivity contribution in [3.8, 4) is 0 Å². The number of hydrogen-bond acceptors (Lipinski definition) is 3. The number of aryl methyl sites for hydroxylation is 1. The maximum atomic E-state index is 12.1. The zero-order chi connectivity index (χ0) is 17.5. The second kappa shape index (κ2) is 8.15. The first-order valence-corrected chi connectivity index (χ1v) is 8.06. The summed E-state index contributed by atoms with van der Waals surface area (Å²) in [6, 6.07) is 14.5. The van der Waals surface area contributed by atoms with Gasteiger partial charge in [-0.2, -0.15) is 0 Å². The van der Waals surface area contributed by atoms with Crippen LogP contribution in [-0.4, -0.2) is 25.4 Å². The zero-order valence-corrected chi connectivity index (χ0v) is 14.3. The maximum Gasteiger partial charge on any atom is 0.269 e. The summed E-state index contributed by atoms with van der Waals surface area (Å²) in [6.07, 6.45) is 0.919. The summed E-state index contributed by atoms with van der Waals surface area (Å²) in [5.74, 6) is -0.687. The standard InChI is InChI=1S/C19H23N3O2/c1-4-14-6-8-15(9-7-14)18(23)20-21-19(24)16-10-12-17(13-11-16)22(3)5-2/h6-13H,4-5H2,1-3H3,(H,20,23)(H,21,24). The Morgan fingerprint density at radius 1 is 0.833 bits per heavy atom. The Kier molecular flexibility index (Phi) is 5.95. The molecule has 2 amide bonds. The predicted octanol–water partition coefficient (Wildman–Crippen LogP) is 2.78. The predicted molar refractivity (Wildman–Crippen MR) is 96.1 cm³/mol. The van der Waals surface area contributed by atoms with Gasteiger partial charge >= 0.3 is 0 Å². The summed E-state index contributed by atoms with van der Waals surface area (Å²) in [5, 5.41) is 0. The van der Waals surface area contributed by atoms with Crippen LogP contribution in [0.4, 0.5) is 5.69 Å². The average Bonchev–Trinajstić information content (AvgIpc) is 2.65. The van der Waals surface area contributed by atoms with Crippen molar-refractivity contribution >= 4 is 17.5 Å². The van der Waals surface area contributed by atoms with Crippen molar-refractivity contribution in [1.82, 2.24) is 10.9 Å². The second-order valence-corrected chi connectivity index (χ2v) is 5.52. The number of carbonyl (C=O) groups excluding carboxylic acids is 2.